The number of hydrogen-bond donors (Lipinski definition) is 1. The van der Waals surface area contributed by atoms with E-state index in [4.69, 9.17) is 0 Å². The van der Waals surface area contributed by atoms with Crippen LogP contribution in [0.3, 0.4) is 0 Å². The zero-order chi connectivity index (χ0) is 13.5. The van der Waals surface area contributed by atoms with Crippen molar-refractivity contribution in [3.8, 4) is 0 Å². The standard InChI is InChI=1S/C17H25NO/c1-2-13-18-17(19)16-14-11-9-7-5-3-4-6-8-10-12-15(14)16/h2,5-8,14-16H,1,3-4,9-13H2,(H,18,19)/b7-5-,8-6+. The SMILES string of the molecule is C=CCNC(=O)C1C2CC/C=C\CC/C=C/CCC21. The molecule has 1 N–H and O–H groups in total. The average molecular weight is 259 g/mol. The number of carbonyl (C=O) groups is 1. The van der Waals surface area contributed by atoms with Crippen molar-refractivity contribution in [2.75, 3.05) is 6.54 Å². The monoisotopic (exact) mass is 259 g/mol. The van der Waals surface area contributed by atoms with Crippen LogP contribution in [0, 0.1) is 17.8 Å². The molecule has 0 spiro atoms. The largest absolute Gasteiger partial charge is 0.352 e. The molecule has 2 aliphatic rings. The molecule has 2 heteroatoms. The normalized spacial score (nSPS) is 34.0. The third-order valence-electron chi connectivity index (χ3n) is 4.22. The molecule has 0 aliphatic heterocycles. The molecule has 104 valence electrons. The first-order chi connectivity index (χ1) is 9.34. The van der Waals surface area contributed by atoms with Gasteiger partial charge < -0.3 is 5.32 Å². The highest BCUT2D eigenvalue weighted by Gasteiger charge is 2.52. The maximum absolute atomic E-state index is 12.1. The quantitative estimate of drug-likeness (QED) is 0.771. The highest BCUT2D eigenvalue weighted by atomic mass is 16.2. The second-order valence-electron chi connectivity index (χ2n) is 5.56. The molecule has 2 nitrogen and oxygen atoms in total. The second-order valence-corrected chi connectivity index (χ2v) is 5.56. The number of carbonyl (C=O) groups excluding carboxylic acids is 1. The van der Waals surface area contributed by atoms with Gasteiger partial charge in [0.15, 0.2) is 0 Å². The highest BCUT2D eigenvalue weighted by molar-refractivity contribution is 5.82. The van der Waals surface area contributed by atoms with E-state index in [0.29, 0.717) is 18.4 Å². The number of amides is 1. The van der Waals surface area contributed by atoms with E-state index in [9.17, 15) is 4.79 Å². The van der Waals surface area contributed by atoms with Crippen molar-refractivity contribution in [1.29, 1.82) is 0 Å². The predicted molar refractivity (Wildman–Crippen MR) is 79.7 cm³/mol. The minimum Gasteiger partial charge on any atom is -0.352 e. The molecule has 1 saturated carbocycles. The summed E-state index contributed by atoms with van der Waals surface area (Å²) in [5, 5.41) is 2.95. The van der Waals surface area contributed by atoms with E-state index >= 15 is 0 Å². The predicted octanol–water partition coefficient (Wildman–Crippen LogP) is 3.62. The first-order valence-corrected chi connectivity index (χ1v) is 7.53. The molecular weight excluding hydrogens is 234 g/mol. The van der Waals surface area contributed by atoms with Crippen molar-refractivity contribution in [3.63, 3.8) is 0 Å². The van der Waals surface area contributed by atoms with Crippen LogP contribution in [-0.2, 0) is 4.79 Å². The Morgan fingerprint density at radius 2 is 1.58 bits per heavy atom. The number of rotatable bonds is 3. The van der Waals surface area contributed by atoms with Crippen molar-refractivity contribution in [3.05, 3.63) is 37.0 Å². The van der Waals surface area contributed by atoms with Gasteiger partial charge in [0.2, 0.25) is 5.91 Å². The topological polar surface area (TPSA) is 29.1 Å². The molecule has 0 bridgehead atoms. The average Bonchev–Trinajstić information content (AvgIpc) is 3.08. The molecule has 0 aromatic carbocycles. The van der Waals surface area contributed by atoms with Crippen LogP contribution < -0.4 is 5.32 Å². The fourth-order valence-electron chi connectivity index (χ4n) is 3.15. The minimum absolute atomic E-state index is 0.234. The highest BCUT2D eigenvalue weighted by Crippen LogP contribution is 2.52. The first kappa shape index (κ1) is 14.1. The van der Waals surface area contributed by atoms with Gasteiger partial charge in [0.25, 0.3) is 0 Å². The molecule has 2 aliphatic carbocycles. The molecule has 1 fully saturated rings. The maximum atomic E-state index is 12.1. The van der Waals surface area contributed by atoms with Crippen molar-refractivity contribution >= 4 is 5.91 Å². The lowest BCUT2D eigenvalue weighted by molar-refractivity contribution is -0.122. The summed E-state index contributed by atoms with van der Waals surface area (Å²) >= 11 is 0. The van der Waals surface area contributed by atoms with Crippen LogP contribution in [0.1, 0.15) is 38.5 Å². The smallest absolute Gasteiger partial charge is 0.223 e. The van der Waals surface area contributed by atoms with Gasteiger partial charge in [0.05, 0.1) is 0 Å². The van der Waals surface area contributed by atoms with Crippen molar-refractivity contribution in [2.45, 2.75) is 38.5 Å². The molecule has 3 atom stereocenters. The lowest BCUT2D eigenvalue weighted by atomic mass is 10.1. The summed E-state index contributed by atoms with van der Waals surface area (Å²) < 4.78 is 0. The Morgan fingerprint density at radius 1 is 1.05 bits per heavy atom. The summed E-state index contributed by atoms with van der Waals surface area (Å²) in [4.78, 5) is 12.1. The van der Waals surface area contributed by atoms with Crippen LogP contribution in [0.2, 0.25) is 0 Å². The van der Waals surface area contributed by atoms with E-state index in [1.54, 1.807) is 6.08 Å². The Hall–Kier alpha value is -1.31. The van der Waals surface area contributed by atoms with E-state index in [2.05, 4.69) is 36.2 Å². The van der Waals surface area contributed by atoms with Crippen molar-refractivity contribution < 1.29 is 4.79 Å². The lowest BCUT2D eigenvalue weighted by Crippen LogP contribution is -2.26. The summed E-state index contributed by atoms with van der Waals surface area (Å²) in [6, 6.07) is 0. The Bertz CT molecular complexity index is 345. The zero-order valence-corrected chi connectivity index (χ0v) is 11.7. The second kappa shape index (κ2) is 7.32. The van der Waals surface area contributed by atoms with E-state index in [-0.39, 0.29) is 11.8 Å². The van der Waals surface area contributed by atoms with E-state index in [0.717, 1.165) is 38.5 Å². The summed E-state index contributed by atoms with van der Waals surface area (Å²) in [5.41, 5.74) is 0. The van der Waals surface area contributed by atoms with Crippen LogP contribution in [-0.4, -0.2) is 12.5 Å². The Balaban J connectivity index is 1.89. The Labute approximate surface area is 116 Å². The lowest BCUT2D eigenvalue weighted by Gasteiger charge is -2.00. The molecule has 0 radical (unpaired) electrons. The van der Waals surface area contributed by atoms with Crippen LogP contribution in [0.25, 0.3) is 0 Å². The van der Waals surface area contributed by atoms with Gasteiger partial charge in [-0.25, -0.2) is 0 Å². The number of fused-ring (bicyclic) bond motifs is 1. The molecule has 0 aromatic heterocycles. The summed E-state index contributed by atoms with van der Waals surface area (Å²) in [6.07, 6.45) is 17.7. The fourth-order valence-corrected chi connectivity index (χ4v) is 3.15. The first-order valence-electron chi connectivity index (χ1n) is 7.53. The molecule has 0 saturated heterocycles. The van der Waals surface area contributed by atoms with Crippen molar-refractivity contribution in [2.24, 2.45) is 17.8 Å². The van der Waals surface area contributed by atoms with Crippen LogP contribution in [0.15, 0.2) is 37.0 Å². The molecular formula is C17H25NO. The molecule has 0 aromatic rings. The zero-order valence-electron chi connectivity index (χ0n) is 11.7. The van der Waals surface area contributed by atoms with Crippen LogP contribution >= 0.6 is 0 Å². The molecule has 19 heavy (non-hydrogen) atoms. The van der Waals surface area contributed by atoms with Gasteiger partial charge in [0.1, 0.15) is 0 Å². The Kier molecular flexibility index (Phi) is 5.44. The van der Waals surface area contributed by atoms with Crippen LogP contribution in [0.5, 0.6) is 0 Å². The van der Waals surface area contributed by atoms with Crippen LogP contribution in [0.4, 0.5) is 0 Å². The summed E-state index contributed by atoms with van der Waals surface area (Å²) in [6.45, 7) is 4.24. The fraction of sp³-hybridized carbons (Fsp3) is 0.588. The van der Waals surface area contributed by atoms with Gasteiger partial charge in [-0.15, -0.1) is 6.58 Å². The molecule has 0 heterocycles. The number of hydrogen-bond acceptors (Lipinski definition) is 1. The van der Waals surface area contributed by atoms with Crippen molar-refractivity contribution in [1.82, 2.24) is 5.32 Å². The molecule has 1 amide bonds. The molecule has 2 rings (SSSR count). The van der Waals surface area contributed by atoms with Gasteiger partial charge in [-0.3, -0.25) is 4.79 Å². The van der Waals surface area contributed by atoms with Gasteiger partial charge in [-0.05, 0) is 50.4 Å². The number of nitrogens with one attached hydrogen (secondary N) is 1. The van der Waals surface area contributed by atoms with Gasteiger partial charge in [-0.1, -0.05) is 30.4 Å². The number of allylic oxidation sites excluding steroid dienone is 4. The third-order valence-corrected chi connectivity index (χ3v) is 4.22. The van der Waals surface area contributed by atoms with Gasteiger partial charge in [0, 0.05) is 12.5 Å². The summed E-state index contributed by atoms with van der Waals surface area (Å²) in [5.74, 6) is 1.69. The molecule has 3 unspecified atom stereocenters. The Morgan fingerprint density at radius 3 is 2.11 bits per heavy atom. The van der Waals surface area contributed by atoms with Gasteiger partial charge >= 0.3 is 0 Å². The minimum atomic E-state index is 0.234. The maximum Gasteiger partial charge on any atom is 0.223 e. The summed E-state index contributed by atoms with van der Waals surface area (Å²) in [7, 11) is 0. The van der Waals surface area contributed by atoms with E-state index < -0.39 is 0 Å². The van der Waals surface area contributed by atoms with E-state index in [1.165, 1.54) is 0 Å². The third kappa shape index (κ3) is 4.09. The van der Waals surface area contributed by atoms with Gasteiger partial charge in [-0.2, -0.15) is 0 Å². The van der Waals surface area contributed by atoms with E-state index in [1.807, 2.05) is 0 Å².